The van der Waals surface area contributed by atoms with E-state index in [9.17, 15) is 4.79 Å². The molecule has 1 saturated carbocycles. The Morgan fingerprint density at radius 1 is 0.892 bits per heavy atom. The summed E-state index contributed by atoms with van der Waals surface area (Å²) in [5.74, 6) is 1.83. The summed E-state index contributed by atoms with van der Waals surface area (Å²) >= 11 is 0. The Morgan fingerprint density at radius 2 is 1.59 bits per heavy atom. The number of rotatable bonds is 6. The number of amides is 1. The predicted octanol–water partition coefficient (Wildman–Crippen LogP) is 4.15. The van der Waals surface area contributed by atoms with Crippen LogP contribution >= 0.6 is 0 Å². The second-order valence-electron chi connectivity index (χ2n) is 11.1. The smallest absolute Gasteiger partial charge is 0.267 e. The van der Waals surface area contributed by atoms with Gasteiger partial charge in [0.15, 0.2) is 11.9 Å². The molecule has 7 nitrogen and oxygen atoms in total. The van der Waals surface area contributed by atoms with Crippen LogP contribution in [-0.2, 0) is 11.3 Å². The number of nitrogens with zero attached hydrogens (tertiary/aromatic N) is 4. The number of carbonyl (C=O) groups is 1. The monoisotopic (exact) mass is 504 g/mol. The lowest BCUT2D eigenvalue weighted by Gasteiger charge is -2.41. The fraction of sp³-hybridized carbons (Fsp3) is 0.567. The van der Waals surface area contributed by atoms with E-state index in [-0.39, 0.29) is 5.91 Å². The zero-order valence-electron chi connectivity index (χ0n) is 22.3. The van der Waals surface area contributed by atoms with Crippen LogP contribution < -0.4 is 19.3 Å². The van der Waals surface area contributed by atoms with Crippen LogP contribution in [0.2, 0.25) is 0 Å². The van der Waals surface area contributed by atoms with Crippen LogP contribution in [0.3, 0.4) is 0 Å². The summed E-state index contributed by atoms with van der Waals surface area (Å²) in [6, 6.07) is 15.7. The normalized spacial score (nSPS) is 23.9. The van der Waals surface area contributed by atoms with Gasteiger partial charge in [0, 0.05) is 58.9 Å². The number of hydrogen-bond acceptors (Lipinski definition) is 6. The van der Waals surface area contributed by atoms with Gasteiger partial charge < -0.3 is 24.2 Å². The van der Waals surface area contributed by atoms with E-state index in [0.717, 1.165) is 74.5 Å². The zero-order valence-corrected chi connectivity index (χ0v) is 22.3. The molecule has 3 heterocycles. The first-order valence-electron chi connectivity index (χ1n) is 14.1. The van der Waals surface area contributed by atoms with Crippen LogP contribution in [0.1, 0.15) is 44.6 Å². The number of hydrogen-bond donors (Lipinski definition) is 0. The lowest BCUT2D eigenvalue weighted by Crippen LogP contribution is -2.47. The molecule has 0 N–H and O–H groups in total. The molecule has 3 fully saturated rings. The summed E-state index contributed by atoms with van der Waals surface area (Å²) < 4.78 is 12.4. The van der Waals surface area contributed by atoms with E-state index in [1.165, 1.54) is 37.9 Å². The van der Waals surface area contributed by atoms with Crippen molar-refractivity contribution >= 4 is 17.3 Å². The molecule has 6 rings (SSSR count). The molecule has 0 aromatic heterocycles. The third kappa shape index (κ3) is 5.16. The number of ether oxygens (including phenoxy) is 2. The third-order valence-electron chi connectivity index (χ3n) is 8.72. The lowest BCUT2D eigenvalue weighted by atomic mass is 9.90. The second kappa shape index (κ2) is 10.5. The van der Waals surface area contributed by atoms with Gasteiger partial charge >= 0.3 is 0 Å². The van der Waals surface area contributed by atoms with Crippen molar-refractivity contribution in [1.82, 2.24) is 9.80 Å². The van der Waals surface area contributed by atoms with Crippen molar-refractivity contribution in [3.63, 3.8) is 0 Å². The molecule has 1 amide bonds. The molecule has 37 heavy (non-hydrogen) atoms. The minimum atomic E-state index is -0.452. The van der Waals surface area contributed by atoms with Gasteiger partial charge in [-0.2, -0.15) is 0 Å². The number of benzene rings is 2. The summed E-state index contributed by atoms with van der Waals surface area (Å²) in [5, 5.41) is 0. The van der Waals surface area contributed by atoms with Gasteiger partial charge in [0.05, 0.1) is 11.4 Å². The van der Waals surface area contributed by atoms with Gasteiger partial charge in [0.25, 0.3) is 5.91 Å². The van der Waals surface area contributed by atoms with Gasteiger partial charge in [-0.25, -0.2) is 0 Å². The molecular weight excluding hydrogens is 464 g/mol. The zero-order chi connectivity index (χ0) is 25.4. The van der Waals surface area contributed by atoms with Gasteiger partial charge in [-0.1, -0.05) is 24.6 Å². The maximum absolute atomic E-state index is 12.3. The molecule has 2 aromatic carbocycles. The van der Waals surface area contributed by atoms with E-state index >= 15 is 0 Å². The Bertz CT molecular complexity index is 1090. The molecule has 0 bridgehead atoms. The van der Waals surface area contributed by atoms with E-state index in [4.69, 9.17) is 9.47 Å². The fourth-order valence-electron chi connectivity index (χ4n) is 6.15. The van der Waals surface area contributed by atoms with Gasteiger partial charge in [0.2, 0.25) is 0 Å². The molecule has 2 saturated heterocycles. The molecule has 4 aliphatic rings. The van der Waals surface area contributed by atoms with Gasteiger partial charge in [-0.15, -0.1) is 0 Å². The first kappa shape index (κ1) is 24.6. The topological polar surface area (TPSA) is 48.5 Å². The molecule has 1 atom stereocenters. The quantitative estimate of drug-likeness (QED) is 0.589. The molecule has 0 spiro atoms. The van der Waals surface area contributed by atoms with Gasteiger partial charge in [-0.3, -0.25) is 9.69 Å². The summed E-state index contributed by atoms with van der Waals surface area (Å²) in [6.07, 6.45) is 6.38. The minimum Gasteiger partial charge on any atom is -0.490 e. The molecule has 198 valence electrons. The summed E-state index contributed by atoms with van der Waals surface area (Å²) in [5.41, 5.74) is 3.27. The highest BCUT2D eigenvalue weighted by Crippen LogP contribution is 2.41. The largest absolute Gasteiger partial charge is 0.490 e. The highest BCUT2D eigenvalue weighted by Gasteiger charge is 2.32. The molecule has 2 aromatic rings. The van der Waals surface area contributed by atoms with E-state index in [2.05, 4.69) is 45.0 Å². The standard InChI is InChI=1S/C30H40N4O3/c1-22-30(35)31(2)27-7-4-8-28(29(27)36-22)34-19-17-32(18-20-34)21-23-9-11-25(12-10-23)37-26-13-15-33(16-14-26)24-5-3-6-24/h4,7-12,22,24,26H,3,5-6,13-21H2,1-2H3. The molecular formula is C30H40N4O3. The van der Waals surface area contributed by atoms with Crippen LogP contribution in [0.15, 0.2) is 42.5 Å². The van der Waals surface area contributed by atoms with Crippen LogP contribution in [0.4, 0.5) is 11.4 Å². The van der Waals surface area contributed by atoms with Crippen molar-refractivity contribution in [2.24, 2.45) is 0 Å². The van der Waals surface area contributed by atoms with E-state index in [1.54, 1.807) is 4.90 Å². The van der Waals surface area contributed by atoms with Crippen molar-refractivity contribution in [1.29, 1.82) is 0 Å². The predicted molar refractivity (Wildman–Crippen MR) is 147 cm³/mol. The second-order valence-corrected chi connectivity index (χ2v) is 11.1. The van der Waals surface area contributed by atoms with E-state index in [1.807, 2.05) is 26.1 Å². The Kier molecular flexibility index (Phi) is 7.00. The number of piperazine rings is 1. The molecule has 0 radical (unpaired) electrons. The van der Waals surface area contributed by atoms with Crippen LogP contribution in [0.25, 0.3) is 0 Å². The number of para-hydroxylation sites is 1. The summed E-state index contributed by atoms with van der Waals surface area (Å²) in [6.45, 7) is 9.00. The Balaban J connectivity index is 0.995. The maximum atomic E-state index is 12.3. The average molecular weight is 505 g/mol. The first-order valence-corrected chi connectivity index (χ1v) is 14.1. The van der Waals surface area contributed by atoms with Crippen molar-refractivity contribution in [3.8, 4) is 11.5 Å². The average Bonchev–Trinajstić information content (AvgIpc) is 2.89. The van der Waals surface area contributed by atoms with Crippen molar-refractivity contribution in [2.45, 2.75) is 63.8 Å². The summed E-state index contributed by atoms with van der Waals surface area (Å²) in [7, 11) is 1.83. The third-order valence-corrected chi connectivity index (χ3v) is 8.72. The van der Waals surface area contributed by atoms with Crippen molar-refractivity contribution < 1.29 is 14.3 Å². The minimum absolute atomic E-state index is 0.000205. The number of likely N-dealkylation sites (N-methyl/N-ethyl adjacent to an activating group) is 1. The first-order chi connectivity index (χ1) is 18.0. The molecule has 1 aliphatic carbocycles. The van der Waals surface area contributed by atoms with Gasteiger partial charge in [-0.05, 0) is 62.4 Å². The summed E-state index contributed by atoms with van der Waals surface area (Å²) in [4.78, 5) is 21.6. The number of piperidine rings is 1. The lowest BCUT2D eigenvalue weighted by molar-refractivity contribution is -0.125. The maximum Gasteiger partial charge on any atom is 0.267 e. The number of likely N-dealkylation sites (tertiary alicyclic amines) is 1. The molecule has 1 unspecified atom stereocenters. The van der Waals surface area contributed by atoms with Crippen LogP contribution in [-0.4, -0.2) is 80.3 Å². The van der Waals surface area contributed by atoms with E-state index in [0.29, 0.717) is 6.10 Å². The van der Waals surface area contributed by atoms with Crippen LogP contribution in [0, 0.1) is 0 Å². The van der Waals surface area contributed by atoms with E-state index < -0.39 is 6.10 Å². The Hall–Kier alpha value is -2.77. The molecule has 7 heteroatoms. The Labute approximate surface area is 220 Å². The number of fused-ring (bicyclic) bond motifs is 1. The molecule has 3 aliphatic heterocycles. The number of anilines is 2. The Morgan fingerprint density at radius 3 is 2.27 bits per heavy atom. The number of carbonyl (C=O) groups excluding carboxylic acids is 1. The fourth-order valence-corrected chi connectivity index (χ4v) is 6.15. The highest BCUT2D eigenvalue weighted by molar-refractivity contribution is 6.00. The van der Waals surface area contributed by atoms with Crippen molar-refractivity contribution in [2.75, 3.05) is 56.1 Å². The SMILES string of the molecule is CC1Oc2c(N3CCN(Cc4ccc(OC5CCN(C6CCC6)CC5)cc4)CC3)cccc2N(C)C1=O. The van der Waals surface area contributed by atoms with Gasteiger partial charge in [0.1, 0.15) is 11.9 Å². The highest BCUT2D eigenvalue weighted by atomic mass is 16.5. The van der Waals surface area contributed by atoms with Crippen molar-refractivity contribution in [3.05, 3.63) is 48.0 Å². The van der Waals surface area contributed by atoms with Crippen LogP contribution in [0.5, 0.6) is 11.5 Å².